The monoisotopic (exact) mass is 240 g/mol. The molecule has 2 heterocycles. The molecule has 0 atom stereocenters. The first-order chi connectivity index (χ1) is 8.20. The van der Waals surface area contributed by atoms with Gasteiger partial charge in [0, 0.05) is 38.3 Å². The maximum Gasteiger partial charge on any atom is 0.332 e. The Balaban J connectivity index is 1.76. The molecule has 2 aliphatic rings. The Kier molecular flexibility index (Phi) is 4.15. The first-order valence-corrected chi connectivity index (χ1v) is 6.13. The largest absolute Gasteiger partial charge is 0.478 e. The molecule has 2 saturated heterocycles. The average molecular weight is 240 g/mol. The average Bonchev–Trinajstić information content (AvgIpc) is 2.25. The highest BCUT2D eigenvalue weighted by Crippen LogP contribution is 2.14. The third-order valence-electron chi connectivity index (χ3n) is 3.56. The Hall–Kier alpha value is -0.910. The van der Waals surface area contributed by atoms with E-state index in [-0.39, 0.29) is 0 Å². The Morgan fingerprint density at radius 2 is 2.00 bits per heavy atom. The lowest BCUT2D eigenvalue weighted by molar-refractivity contribution is -0.133. The van der Waals surface area contributed by atoms with Gasteiger partial charge in [-0.15, -0.1) is 0 Å². The lowest BCUT2D eigenvalue weighted by atomic mass is 10.1. The van der Waals surface area contributed by atoms with Gasteiger partial charge in [-0.2, -0.15) is 0 Å². The lowest BCUT2D eigenvalue weighted by Gasteiger charge is -2.42. The first-order valence-electron chi connectivity index (χ1n) is 6.13. The van der Waals surface area contributed by atoms with Gasteiger partial charge in [0.15, 0.2) is 0 Å². The molecule has 0 aromatic heterocycles. The van der Waals surface area contributed by atoms with Crippen LogP contribution in [0.5, 0.6) is 0 Å². The van der Waals surface area contributed by atoms with E-state index in [2.05, 4.69) is 9.80 Å². The molecule has 1 N–H and O–H groups in total. The van der Waals surface area contributed by atoms with Crippen LogP contribution in [-0.2, 0) is 9.53 Å². The zero-order valence-corrected chi connectivity index (χ0v) is 10.3. The molecule has 0 amide bonds. The maximum atomic E-state index is 10.9. The van der Waals surface area contributed by atoms with Crippen LogP contribution < -0.4 is 0 Å². The molecule has 0 unspecified atom stereocenters. The summed E-state index contributed by atoms with van der Waals surface area (Å²) in [5, 5.41) is 8.97. The van der Waals surface area contributed by atoms with Gasteiger partial charge in [0.25, 0.3) is 0 Å². The number of allylic oxidation sites excluding steroid dienone is 1. The van der Waals surface area contributed by atoms with Crippen molar-refractivity contribution in [1.82, 2.24) is 9.80 Å². The van der Waals surface area contributed by atoms with E-state index < -0.39 is 5.97 Å². The summed E-state index contributed by atoms with van der Waals surface area (Å²) in [6, 6.07) is 0.595. The summed E-state index contributed by atoms with van der Waals surface area (Å²) in [6.45, 7) is 7.98. The second kappa shape index (κ2) is 5.62. The molecular weight excluding hydrogens is 220 g/mol. The van der Waals surface area contributed by atoms with Crippen LogP contribution in [0.4, 0.5) is 0 Å². The molecule has 0 spiro atoms. The molecule has 0 saturated carbocycles. The van der Waals surface area contributed by atoms with E-state index in [4.69, 9.17) is 9.84 Å². The third kappa shape index (κ3) is 3.06. The molecule has 0 aromatic rings. The predicted molar refractivity (Wildman–Crippen MR) is 64.0 cm³/mol. The van der Waals surface area contributed by atoms with E-state index in [1.807, 2.05) is 0 Å². The standard InChI is InChI=1S/C12H20N2O3/c1-2-10(12(15)16)7-13-3-5-14(6-4-13)11-8-17-9-11/h2,11H,3-9H2,1H3,(H,15,16)/b10-2+. The molecule has 2 aliphatic heterocycles. The molecule has 0 bridgehead atoms. The zero-order chi connectivity index (χ0) is 12.3. The minimum Gasteiger partial charge on any atom is -0.478 e. The van der Waals surface area contributed by atoms with Crippen LogP contribution >= 0.6 is 0 Å². The number of hydrogen-bond acceptors (Lipinski definition) is 4. The fourth-order valence-electron chi connectivity index (χ4n) is 2.24. The van der Waals surface area contributed by atoms with Crippen molar-refractivity contribution in [1.29, 1.82) is 0 Å². The van der Waals surface area contributed by atoms with E-state index in [9.17, 15) is 4.79 Å². The van der Waals surface area contributed by atoms with E-state index in [1.165, 1.54) is 0 Å². The van der Waals surface area contributed by atoms with Crippen molar-refractivity contribution >= 4 is 5.97 Å². The van der Waals surface area contributed by atoms with Crippen molar-refractivity contribution in [3.05, 3.63) is 11.6 Å². The van der Waals surface area contributed by atoms with Gasteiger partial charge in [0.2, 0.25) is 0 Å². The van der Waals surface area contributed by atoms with Gasteiger partial charge < -0.3 is 9.84 Å². The molecule has 0 radical (unpaired) electrons. The van der Waals surface area contributed by atoms with E-state index in [0.717, 1.165) is 39.4 Å². The second-order valence-corrected chi connectivity index (χ2v) is 4.62. The maximum absolute atomic E-state index is 10.9. The summed E-state index contributed by atoms with van der Waals surface area (Å²) < 4.78 is 5.19. The molecule has 17 heavy (non-hydrogen) atoms. The number of aliphatic carboxylic acids is 1. The molecular formula is C12H20N2O3. The topological polar surface area (TPSA) is 53.0 Å². The van der Waals surface area contributed by atoms with Crippen LogP contribution in [0.2, 0.25) is 0 Å². The fraction of sp³-hybridized carbons (Fsp3) is 0.750. The SMILES string of the molecule is C/C=C(\CN1CCN(C2COC2)CC1)C(=O)O. The second-order valence-electron chi connectivity index (χ2n) is 4.62. The van der Waals surface area contributed by atoms with E-state index in [0.29, 0.717) is 18.2 Å². The number of carboxylic acid groups (broad SMARTS) is 1. The molecule has 2 rings (SSSR count). The minimum atomic E-state index is -0.803. The van der Waals surface area contributed by atoms with Crippen molar-refractivity contribution in [2.24, 2.45) is 0 Å². The highest BCUT2D eigenvalue weighted by atomic mass is 16.5. The highest BCUT2D eigenvalue weighted by molar-refractivity contribution is 5.86. The summed E-state index contributed by atoms with van der Waals surface area (Å²) in [6.07, 6.45) is 1.69. The van der Waals surface area contributed by atoms with E-state index in [1.54, 1.807) is 13.0 Å². The molecule has 2 fully saturated rings. The quantitative estimate of drug-likeness (QED) is 0.703. The smallest absolute Gasteiger partial charge is 0.332 e. The van der Waals surface area contributed by atoms with Crippen molar-refractivity contribution < 1.29 is 14.6 Å². The van der Waals surface area contributed by atoms with Crippen LogP contribution in [-0.4, -0.2) is 72.9 Å². The number of rotatable bonds is 4. The Morgan fingerprint density at radius 3 is 2.41 bits per heavy atom. The third-order valence-corrected chi connectivity index (χ3v) is 3.56. The number of hydrogen-bond donors (Lipinski definition) is 1. The molecule has 5 heteroatoms. The number of piperazine rings is 1. The predicted octanol–water partition coefficient (Wildman–Crippen LogP) is 0.0337. The summed E-state index contributed by atoms with van der Waals surface area (Å²) in [5.74, 6) is -0.803. The van der Waals surface area contributed by atoms with Gasteiger partial charge in [-0.05, 0) is 6.92 Å². The summed E-state index contributed by atoms with van der Waals surface area (Å²) in [7, 11) is 0. The van der Waals surface area contributed by atoms with Crippen molar-refractivity contribution in [2.45, 2.75) is 13.0 Å². The van der Waals surface area contributed by atoms with Gasteiger partial charge in [0.1, 0.15) is 0 Å². The summed E-state index contributed by atoms with van der Waals surface area (Å²) in [4.78, 5) is 15.6. The number of carbonyl (C=O) groups is 1. The van der Waals surface area contributed by atoms with Crippen molar-refractivity contribution in [3.8, 4) is 0 Å². The molecule has 96 valence electrons. The lowest BCUT2D eigenvalue weighted by Crippen LogP contribution is -2.56. The number of ether oxygens (including phenoxy) is 1. The zero-order valence-electron chi connectivity index (χ0n) is 10.3. The number of nitrogens with zero attached hydrogens (tertiary/aromatic N) is 2. The summed E-state index contributed by atoms with van der Waals surface area (Å²) in [5.41, 5.74) is 0.491. The van der Waals surface area contributed by atoms with Crippen LogP contribution in [0.1, 0.15) is 6.92 Å². The molecule has 0 aliphatic carbocycles. The van der Waals surface area contributed by atoms with E-state index >= 15 is 0 Å². The van der Waals surface area contributed by atoms with Crippen LogP contribution in [0.15, 0.2) is 11.6 Å². The Morgan fingerprint density at radius 1 is 1.35 bits per heavy atom. The van der Waals surface area contributed by atoms with Gasteiger partial charge in [-0.25, -0.2) is 4.79 Å². The van der Waals surface area contributed by atoms with Crippen LogP contribution in [0, 0.1) is 0 Å². The van der Waals surface area contributed by atoms with Crippen molar-refractivity contribution in [3.63, 3.8) is 0 Å². The minimum absolute atomic E-state index is 0.491. The highest BCUT2D eigenvalue weighted by Gasteiger charge is 2.29. The van der Waals surface area contributed by atoms with Gasteiger partial charge >= 0.3 is 5.97 Å². The van der Waals surface area contributed by atoms with Gasteiger partial charge in [0.05, 0.1) is 19.3 Å². The molecule has 0 aromatic carbocycles. The summed E-state index contributed by atoms with van der Waals surface area (Å²) >= 11 is 0. The van der Waals surface area contributed by atoms with Gasteiger partial charge in [-0.3, -0.25) is 9.80 Å². The fourth-order valence-corrected chi connectivity index (χ4v) is 2.24. The first kappa shape index (κ1) is 12.5. The Labute approximate surface area is 102 Å². The van der Waals surface area contributed by atoms with Crippen LogP contribution in [0.25, 0.3) is 0 Å². The van der Waals surface area contributed by atoms with Crippen molar-refractivity contribution in [2.75, 3.05) is 45.9 Å². The Bertz CT molecular complexity index is 305. The number of carboxylic acids is 1. The van der Waals surface area contributed by atoms with Crippen LogP contribution in [0.3, 0.4) is 0 Å². The molecule has 5 nitrogen and oxygen atoms in total. The van der Waals surface area contributed by atoms with Gasteiger partial charge in [-0.1, -0.05) is 6.08 Å². The normalized spacial score (nSPS) is 24.6.